The van der Waals surface area contributed by atoms with E-state index in [9.17, 15) is 4.79 Å². The van der Waals surface area contributed by atoms with Crippen molar-refractivity contribution in [3.05, 3.63) is 52.8 Å². The van der Waals surface area contributed by atoms with Crippen molar-refractivity contribution in [1.82, 2.24) is 15.1 Å². The summed E-state index contributed by atoms with van der Waals surface area (Å²) in [5.74, 6) is -0.388. The number of fused-ring (bicyclic) bond motifs is 1. The number of aromatic nitrogens is 2. The van der Waals surface area contributed by atoms with Crippen LogP contribution in [0.1, 0.15) is 66.8 Å². The Kier molecular flexibility index (Phi) is 4.45. The zero-order valence-electron chi connectivity index (χ0n) is 14.7. The maximum absolute atomic E-state index is 11.1. The van der Waals surface area contributed by atoms with Crippen LogP contribution in [0.2, 0.25) is 0 Å². The van der Waals surface area contributed by atoms with Crippen molar-refractivity contribution in [3.63, 3.8) is 0 Å². The molecule has 3 rings (SSSR count). The first-order valence-corrected chi connectivity index (χ1v) is 8.55. The van der Waals surface area contributed by atoms with Gasteiger partial charge in [-0.3, -0.25) is 9.48 Å². The minimum Gasteiger partial charge on any atom is -0.366 e. The van der Waals surface area contributed by atoms with E-state index in [4.69, 9.17) is 5.73 Å². The highest BCUT2D eigenvalue weighted by molar-refractivity contribution is 5.92. The van der Waals surface area contributed by atoms with Crippen LogP contribution >= 0.6 is 0 Å². The monoisotopic (exact) mass is 326 g/mol. The van der Waals surface area contributed by atoms with E-state index in [1.807, 2.05) is 18.3 Å². The summed E-state index contributed by atoms with van der Waals surface area (Å²) in [6.07, 6.45) is 5.42. The molecular weight excluding hydrogens is 300 g/mol. The number of hydrogen-bond donors (Lipinski definition) is 2. The Hall–Kier alpha value is -2.14. The molecule has 0 unspecified atom stereocenters. The summed E-state index contributed by atoms with van der Waals surface area (Å²) in [5, 5.41) is 8.27. The number of amides is 1. The van der Waals surface area contributed by atoms with Crippen molar-refractivity contribution in [2.24, 2.45) is 5.73 Å². The molecule has 0 saturated heterocycles. The Morgan fingerprint density at radius 2 is 2.04 bits per heavy atom. The lowest BCUT2D eigenvalue weighted by Crippen LogP contribution is -2.29. The number of rotatable bonds is 4. The van der Waals surface area contributed by atoms with Crippen LogP contribution in [0.5, 0.6) is 0 Å². The fourth-order valence-electron chi connectivity index (χ4n) is 3.37. The molecular formula is C19H26N4O. The predicted molar refractivity (Wildman–Crippen MR) is 94.7 cm³/mol. The lowest BCUT2D eigenvalue weighted by Gasteiger charge is -2.28. The first-order valence-electron chi connectivity index (χ1n) is 8.55. The molecule has 1 heterocycles. The number of carbonyl (C=O) groups is 1. The van der Waals surface area contributed by atoms with E-state index in [2.05, 4.69) is 35.9 Å². The zero-order valence-corrected chi connectivity index (χ0v) is 14.7. The topological polar surface area (TPSA) is 72.9 Å². The number of hydrogen-bond acceptors (Lipinski definition) is 3. The van der Waals surface area contributed by atoms with Crippen LogP contribution in [-0.4, -0.2) is 15.7 Å². The Labute approximate surface area is 143 Å². The average molecular weight is 326 g/mol. The molecule has 5 heteroatoms. The molecule has 0 radical (unpaired) electrons. The highest BCUT2D eigenvalue weighted by atomic mass is 16.1. The van der Waals surface area contributed by atoms with Gasteiger partial charge in [0.15, 0.2) is 0 Å². The summed E-state index contributed by atoms with van der Waals surface area (Å²) >= 11 is 0. The average Bonchev–Trinajstić information content (AvgIpc) is 2.98. The molecule has 0 aliphatic heterocycles. The lowest BCUT2D eigenvalue weighted by atomic mass is 9.92. The van der Waals surface area contributed by atoms with Crippen molar-refractivity contribution in [2.75, 3.05) is 0 Å². The van der Waals surface area contributed by atoms with Gasteiger partial charge in [-0.1, -0.05) is 12.1 Å². The van der Waals surface area contributed by atoms with E-state index in [0.717, 1.165) is 24.9 Å². The maximum Gasteiger partial charge on any atom is 0.248 e. The van der Waals surface area contributed by atoms with E-state index < -0.39 is 0 Å². The number of nitrogens with one attached hydrogen (secondary N) is 1. The third-order valence-corrected chi connectivity index (χ3v) is 4.61. The Morgan fingerprint density at radius 1 is 1.33 bits per heavy atom. The summed E-state index contributed by atoms with van der Waals surface area (Å²) in [6, 6.07) is 7.80. The van der Waals surface area contributed by atoms with Crippen molar-refractivity contribution >= 4 is 5.91 Å². The van der Waals surface area contributed by atoms with E-state index in [-0.39, 0.29) is 11.4 Å². The fourth-order valence-corrected chi connectivity index (χ4v) is 3.37. The lowest BCUT2D eigenvalue weighted by molar-refractivity contribution is 0.100. The molecule has 5 nitrogen and oxygen atoms in total. The summed E-state index contributed by atoms with van der Waals surface area (Å²) < 4.78 is 2.16. The van der Waals surface area contributed by atoms with E-state index >= 15 is 0 Å². The summed E-state index contributed by atoms with van der Waals surface area (Å²) in [6.45, 7) is 7.34. The Morgan fingerprint density at radius 3 is 2.67 bits per heavy atom. The minimum atomic E-state index is -0.388. The smallest absolute Gasteiger partial charge is 0.248 e. The number of nitrogens with two attached hydrogens (primary N) is 1. The first kappa shape index (κ1) is 16.7. The van der Waals surface area contributed by atoms with Crippen LogP contribution < -0.4 is 11.1 Å². The van der Waals surface area contributed by atoms with Gasteiger partial charge in [0.05, 0.1) is 11.7 Å². The Balaban J connectivity index is 1.71. The van der Waals surface area contributed by atoms with Gasteiger partial charge in [0, 0.05) is 29.4 Å². The van der Waals surface area contributed by atoms with E-state index in [0.29, 0.717) is 11.6 Å². The number of benzene rings is 1. The quantitative estimate of drug-likeness (QED) is 0.907. The summed E-state index contributed by atoms with van der Waals surface area (Å²) in [4.78, 5) is 11.1. The van der Waals surface area contributed by atoms with Gasteiger partial charge in [0.1, 0.15) is 0 Å². The molecule has 24 heavy (non-hydrogen) atoms. The molecule has 1 aliphatic rings. The van der Waals surface area contributed by atoms with Gasteiger partial charge < -0.3 is 11.1 Å². The number of primary amides is 1. The molecule has 1 atom stereocenters. The van der Waals surface area contributed by atoms with Crippen molar-refractivity contribution < 1.29 is 4.79 Å². The maximum atomic E-state index is 11.1. The highest BCUT2D eigenvalue weighted by Gasteiger charge is 2.27. The third-order valence-electron chi connectivity index (χ3n) is 4.61. The highest BCUT2D eigenvalue weighted by Crippen LogP contribution is 2.32. The molecule has 0 saturated carbocycles. The van der Waals surface area contributed by atoms with Crippen LogP contribution in [0.4, 0.5) is 0 Å². The molecule has 1 aromatic carbocycles. The van der Waals surface area contributed by atoms with Gasteiger partial charge in [-0.25, -0.2) is 0 Å². The number of nitrogens with zero attached hydrogens (tertiary/aromatic N) is 2. The van der Waals surface area contributed by atoms with Crippen LogP contribution in [0.3, 0.4) is 0 Å². The largest absolute Gasteiger partial charge is 0.366 e. The summed E-state index contributed by atoms with van der Waals surface area (Å²) in [7, 11) is 0. The fraction of sp³-hybridized carbons (Fsp3) is 0.474. The Bertz CT molecular complexity index is 725. The van der Waals surface area contributed by atoms with Gasteiger partial charge in [-0.2, -0.15) is 5.10 Å². The van der Waals surface area contributed by atoms with Gasteiger partial charge in [-0.05, 0) is 57.7 Å². The van der Waals surface area contributed by atoms with Crippen molar-refractivity contribution in [3.8, 4) is 0 Å². The van der Waals surface area contributed by atoms with Gasteiger partial charge in [0.25, 0.3) is 0 Å². The third kappa shape index (κ3) is 3.36. The van der Waals surface area contributed by atoms with Crippen LogP contribution in [0, 0.1) is 0 Å². The number of carbonyl (C=O) groups excluding carboxylic acids is 1. The summed E-state index contributed by atoms with van der Waals surface area (Å²) in [5.41, 5.74) is 9.67. The standard InChI is InChI=1S/C19H26N4O/c1-19(2,3)23-17-6-4-5-16(15(17)12-22-23)21-11-13-7-9-14(10-8-13)18(20)24/h7-10,12,16,21H,4-6,11H2,1-3H3,(H2,20,24)/t16-/m0/s1. The molecule has 3 N–H and O–H groups in total. The first-order chi connectivity index (χ1) is 11.4. The zero-order chi connectivity index (χ0) is 17.3. The minimum absolute atomic E-state index is 0.0140. The second kappa shape index (κ2) is 6.40. The van der Waals surface area contributed by atoms with E-state index in [1.165, 1.54) is 17.7 Å². The van der Waals surface area contributed by atoms with Crippen LogP contribution in [-0.2, 0) is 18.5 Å². The molecule has 1 aromatic heterocycles. The second-order valence-corrected chi connectivity index (χ2v) is 7.52. The molecule has 128 valence electrons. The molecule has 1 amide bonds. The second-order valence-electron chi connectivity index (χ2n) is 7.52. The van der Waals surface area contributed by atoms with Gasteiger partial charge in [0.2, 0.25) is 5.91 Å². The molecule has 1 aliphatic carbocycles. The van der Waals surface area contributed by atoms with Gasteiger partial charge >= 0.3 is 0 Å². The molecule has 0 bridgehead atoms. The van der Waals surface area contributed by atoms with Crippen molar-refractivity contribution in [1.29, 1.82) is 0 Å². The van der Waals surface area contributed by atoms with Crippen molar-refractivity contribution in [2.45, 2.75) is 58.2 Å². The molecule has 2 aromatic rings. The van der Waals surface area contributed by atoms with Gasteiger partial charge in [-0.15, -0.1) is 0 Å². The van der Waals surface area contributed by atoms with E-state index in [1.54, 1.807) is 12.1 Å². The molecule has 0 fully saturated rings. The van der Waals surface area contributed by atoms with Crippen LogP contribution in [0.15, 0.2) is 30.5 Å². The SMILES string of the molecule is CC(C)(C)n1ncc2c1CCC[C@@H]2NCc1ccc(C(N)=O)cc1. The normalized spacial score (nSPS) is 17.5. The predicted octanol–water partition coefficient (Wildman–Crippen LogP) is 2.90. The molecule has 0 spiro atoms. The van der Waals surface area contributed by atoms with Crippen LogP contribution in [0.25, 0.3) is 0 Å².